The number of aromatic nitrogens is 4. The van der Waals surface area contributed by atoms with Gasteiger partial charge in [-0.2, -0.15) is 0 Å². The molecule has 0 radical (unpaired) electrons. The number of hydrogen-bond acceptors (Lipinski definition) is 13. The molecule has 0 spiro atoms. The minimum atomic E-state index is -1.87. The standard InChI is InChI=1S/C64H98N14O10/c1-38(2)31-45-59(83)73(11)49(34-41(7)8)58(82)68-54(64(88)78-29-23-18-24-30-78)63(87)76(14)47(32-39(3)4)55(79)66-46(37-52-69-71-72-70-52)60(84)74(12)48(33-40(5)6)57(81)67-53(42(9)10)62(86)77(15)51(36-44-27-21-17-22-28-44)61(85)75(13)50(56(80)65-45)35-43-25-19-16-20-26-43/h16-17,19-22,25-28,38-42,45-51,53-54H,18,23-24,29-37H2,1-15H3,(H,65,80)(H,66,79)(H,67,81)(H,68,82)(H,69,70,71,72)/t45-,46?,47-,48-,49-,50-,51-,53-,54?/m0/s1. The lowest BCUT2D eigenvalue weighted by Crippen LogP contribution is -2.64. The maximum atomic E-state index is 15.5. The smallest absolute Gasteiger partial charge is 0.255 e. The van der Waals surface area contributed by atoms with Crippen molar-refractivity contribution in [2.24, 2.45) is 29.6 Å². The first kappa shape index (κ1) is 71.0. The summed E-state index contributed by atoms with van der Waals surface area (Å²) in [6.45, 7) is 18.9. The van der Waals surface area contributed by atoms with Crippen LogP contribution >= 0.6 is 0 Å². The van der Waals surface area contributed by atoms with Crippen LogP contribution in [0.4, 0.5) is 0 Å². The van der Waals surface area contributed by atoms with Gasteiger partial charge in [0.2, 0.25) is 47.3 Å². The van der Waals surface area contributed by atoms with E-state index >= 15 is 43.2 Å². The molecule has 0 bridgehead atoms. The molecule has 3 aromatic rings. The molecule has 5 rings (SSSR count). The molecule has 88 heavy (non-hydrogen) atoms. The molecule has 5 N–H and O–H groups in total. The molecular formula is C64H98N14O10. The van der Waals surface area contributed by atoms with Crippen molar-refractivity contribution in [3.63, 3.8) is 0 Å². The molecule has 1 aromatic heterocycles. The van der Waals surface area contributed by atoms with Gasteiger partial charge in [-0.05, 0) is 96.1 Å². The number of carbonyl (C=O) groups excluding carboxylic acids is 10. The van der Waals surface area contributed by atoms with Gasteiger partial charge >= 0.3 is 0 Å². The predicted octanol–water partition coefficient (Wildman–Crippen LogP) is 3.17. The number of hydrogen-bond donors (Lipinski definition) is 5. The van der Waals surface area contributed by atoms with E-state index in [2.05, 4.69) is 41.9 Å². The van der Waals surface area contributed by atoms with Crippen molar-refractivity contribution in [3.05, 3.63) is 77.6 Å². The third-order valence-corrected chi connectivity index (χ3v) is 16.6. The normalized spacial score (nSPS) is 24.6. The highest BCUT2D eigenvalue weighted by atomic mass is 16.2. The van der Waals surface area contributed by atoms with Crippen molar-refractivity contribution in [1.82, 2.24) is 71.3 Å². The molecule has 0 aliphatic carbocycles. The first-order valence-electron chi connectivity index (χ1n) is 31.2. The number of tetrazole rings is 1. The summed E-state index contributed by atoms with van der Waals surface area (Å²) in [5.41, 5.74) is 1.38. The quantitative estimate of drug-likeness (QED) is 0.129. The number of rotatable bonds is 16. The number of nitrogens with zero attached hydrogens (tertiary/aromatic N) is 9. The molecule has 2 fully saturated rings. The Morgan fingerprint density at radius 3 is 1.33 bits per heavy atom. The summed E-state index contributed by atoms with van der Waals surface area (Å²) >= 11 is 0. The molecule has 24 nitrogen and oxygen atoms in total. The zero-order chi connectivity index (χ0) is 65.3. The molecule has 3 heterocycles. The van der Waals surface area contributed by atoms with E-state index in [0.717, 1.165) is 11.3 Å². The highest BCUT2D eigenvalue weighted by Gasteiger charge is 2.45. The van der Waals surface area contributed by atoms with E-state index in [4.69, 9.17) is 0 Å². The summed E-state index contributed by atoms with van der Waals surface area (Å²) in [5, 5.41) is 25.5. The van der Waals surface area contributed by atoms with Crippen LogP contribution in [0.15, 0.2) is 60.7 Å². The topological polar surface area (TPSA) is 293 Å². The van der Waals surface area contributed by atoms with Crippen molar-refractivity contribution in [2.75, 3.05) is 48.3 Å². The minimum absolute atomic E-state index is 0.00577. The van der Waals surface area contributed by atoms with Crippen LogP contribution < -0.4 is 21.3 Å². The first-order valence-corrected chi connectivity index (χ1v) is 31.2. The van der Waals surface area contributed by atoms with Gasteiger partial charge in [0.1, 0.15) is 48.3 Å². The Kier molecular flexibility index (Phi) is 26.6. The van der Waals surface area contributed by atoms with E-state index in [-0.39, 0.29) is 74.4 Å². The first-order chi connectivity index (χ1) is 41.5. The summed E-state index contributed by atoms with van der Waals surface area (Å²) < 4.78 is 0. The molecule has 0 saturated carbocycles. The lowest BCUT2D eigenvalue weighted by molar-refractivity contribution is -0.151. The van der Waals surface area contributed by atoms with Gasteiger partial charge in [0.25, 0.3) is 11.8 Å². The van der Waals surface area contributed by atoms with E-state index in [1.54, 1.807) is 38.1 Å². The van der Waals surface area contributed by atoms with Crippen LogP contribution in [0, 0.1) is 29.6 Å². The lowest BCUT2D eigenvalue weighted by atomic mass is 9.96. The van der Waals surface area contributed by atoms with E-state index in [0.29, 0.717) is 37.1 Å². The van der Waals surface area contributed by atoms with Crippen molar-refractivity contribution in [2.45, 2.75) is 188 Å². The minimum Gasteiger partial charge on any atom is -0.342 e. The fourth-order valence-electron chi connectivity index (χ4n) is 11.5. The van der Waals surface area contributed by atoms with Gasteiger partial charge in [-0.3, -0.25) is 47.9 Å². The molecule has 2 aromatic carbocycles. The van der Waals surface area contributed by atoms with Gasteiger partial charge in [-0.1, -0.05) is 130 Å². The molecular weight excluding hydrogens is 1120 g/mol. The van der Waals surface area contributed by atoms with Crippen molar-refractivity contribution in [3.8, 4) is 0 Å². The van der Waals surface area contributed by atoms with Gasteiger partial charge in [0.15, 0.2) is 11.9 Å². The number of amides is 10. The third kappa shape index (κ3) is 19.4. The number of H-pyrrole nitrogens is 1. The Labute approximate surface area is 519 Å². The maximum absolute atomic E-state index is 15.5. The number of piperidine rings is 1. The zero-order valence-electron chi connectivity index (χ0n) is 54.4. The van der Waals surface area contributed by atoms with Gasteiger partial charge in [0.05, 0.1) is 0 Å². The summed E-state index contributed by atoms with van der Waals surface area (Å²) in [6.07, 6.45) is 2.11. The monoisotopic (exact) mass is 1220 g/mol. The predicted molar refractivity (Wildman–Crippen MR) is 332 cm³/mol. The maximum Gasteiger partial charge on any atom is 0.255 e. The molecule has 2 aliphatic rings. The second-order valence-corrected chi connectivity index (χ2v) is 26.0. The van der Waals surface area contributed by atoms with Gasteiger partial charge in [-0.15, -0.1) is 5.10 Å². The number of nitrogens with one attached hydrogen (secondary N) is 5. The van der Waals surface area contributed by atoms with Crippen LogP contribution in [0.2, 0.25) is 0 Å². The molecule has 2 saturated heterocycles. The van der Waals surface area contributed by atoms with Gasteiger partial charge in [0, 0.05) is 67.6 Å². The number of aromatic amines is 1. The van der Waals surface area contributed by atoms with Crippen LogP contribution in [-0.2, 0) is 67.2 Å². The van der Waals surface area contributed by atoms with E-state index in [9.17, 15) is 4.79 Å². The van der Waals surface area contributed by atoms with Crippen LogP contribution in [0.25, 0.3) is 0 Å². The summed E-state index contributed by atoms with van der Waals surface area (Å²) in [6, 6.07) is 5.83. The number of benzene rings is 2. The fraction of sp³-hybridized carbons (Fsp3) is 0.641. The molecule has 2 aliphatic heterocycles. The summed E-state index contributed by atoms with van der Waals surface area (Å²) in [4.78, 5) is 160. The van der Waals surface area contributed by atoms with Crippen LogP contribution in [0.1, 0.15) is 131 Å². The largest absolute Gasteiger partial charge is 0.342 e. The Balaban J connectivity index is 1.75. The van der Waals surface area contributed by atoms with Crippen molar-refractivity contribution in [1.29, 1.82) is 0 Å². The Hall–Kier alpha value is -7.79. The number of likely N-dealkylation sites (N-methyl/N-ethyl adjacent to an activating group) is 5. The summed E-state index contributed by atoms with van der Waals surface area (Å²) in [5.74, 6) is -8.62. The number of carbonyl (C=O) groups is 10. The van der Waals surface area contributed by atoms with Crippen LogP contribution in [-0.4, -0.2) is 212 Å². The average molecular weight is 1220 g/mol. The molecule has 2 unspecified atom stereocenters. The number of likely N-dealkylation sites (tertiary alicyclic amines) is 1. The highest BCUT2D eigenvalue weighted by molar-refractivity contribution is 6.09. The van der Waals surface area contributed by atoms with E-state index < -0.39 is 119 Å². The fourth-order valence-corrected chi connectivity index (χ4v) is 11.5. The van der Waals surface area contributed by atoms with Crippen molar-refractivity contribution < 1.29 is 47.9 Å². The van der Waals surface area contributed by atoms with Crippen LogP contribution in [0.3, 0.4) is 0 Å². The Morgan fingerprint density at radius 2 is 0.864 bits per heavy atom. The molecule has 484 valence electrons. The second-order valence-electron chi connectivity index (χ2n) is 26.0. The average Bonchev–Trinajstić information content (AvgIpc) is 3.26. The molecule has 10 amide bonds. The molecule has 9 atom stereocenters. The Bertz CT molecular complexity index is 2830. The third-order valence-electron chi connectivity index (χ3n) is 16.6. The van der Waals surface area contributed by atoms with E-state index in [1.807, 2.05) is 91.8 Å². The summed E-state index contributed by atoms with van der Waals surface area (Å²) in [7, 11) is 7.15. The Morgan fingerprint density at radius 1 is 0.455 bits per heavy atom. The van der Waals surface area contributed by atoms with Crippen molar-refractivity contribution >= 4 is 59.1 Å². The zero-order valence-corrected chi connectivity index (χ0v) is 54.4. The van der Waals surface area contributed by atoms with E-state index in [1.165, 1.54) is 59.7 Å². The van der Waals surface area contributed by atoms with Crippen LogP contribution in [0.5, 0.6) is 0 Å². The van der Waals surface area contributed by atoms with Gasteiger partial charge in [-0.25, -0.2) is 5.10 Å². The second kappa shape index (κ2) is 33.0. The highest BCUT2D eigenvalue weighted by Crippen LogP contribution is 2.23. The van der Waals surface area contributed by atoms with Gasteiger partial charge < -0.3 is 50.7 Å². The molecule has 24 heteroatoms. The SMILES string of the molecule is CC(C)C[C@@H]1NC(=O)[C@H](Cc2ccccc2)N(C)C(=O)[C@H](Cc2ccccc2)N(C)C(=O)[C@H](C(C)C)NC(=O)[C@H](CC(C)C)N(C)C(=O)C(Cc2nnn[nH]2)NC(=O)[C@H](CC(C)C)N(C)C(=O)C(C(=O)N2CCCCC2)NC(=O)[C@H](CC(C)C)N(C)C1=O. The lowest BCUT2D eigenvalue weighted by Gasteiger charge is -2.38.